The molecule has 0 atom stereocenters. The number of benzene rings is 1. The van der Waals surface area contributed by atoms with Crippen molar-refractivity contribution in [2.24, 2.45) is 5.41 Å². The zero-order valence-corrected chi connectivity index (χ0v) is 16.6. The van der Waals surface area contributed by atoms with Crippen molar-refractivity contribution in [3.05, 3.63) is 35.7 Å². The number of nitrogens with zero attached hydrogens (tertiary/aromatic N) is 3. The smallest absolute Gasteiger partial charge is 0.387 e. The van der Waals surface area contributed by atoms with Gasteiger partial charge < -0.3 is 15.4 Å². The van der Waals surface area contributed by atoms with Gasteiger partial charge in [-0.1, -0.05) is 12.1 Å². The Kier molecular flexibility index (Phi) is 7.31. The molecule has 1 aromatic heterocycles. The molecule has 0 spiro atoms. The maximum Gasteiger partial charge on any atom is 0.387 e. The Morgan fingerprint density at radius 2 is 1.96 bits per heavy atom. The molecule has 0 aliphatic carbocycles. The minimum Gasteiger partial charge on any atom is -0.435 e. The Morgan fingerprint density at radius 1 is 1.32 bits per heavy atom. The molecule has 1 aliphatic heterocycles. The number of hydrogen-bond donors (Lipinski definition) is 2. The summed E-state index contributed by atoms with van der Waals surface area (Å²) in [5.74, 6) is -0.212. The summed E-state index contributed by atoms with van der Waals surface area (Å²) in [5, 5.41) is 14.3. The minimum absolute atomic E-state index is 0. The van der Waals surface area contributed by atoms with Crippen molar-refractivity contribution in [3.8, 4) is 11.4 Å². The number of ether oxygens (including phenoxy) is 1. The van der Waals surface area contributed by atoms with E-state index in [0.717, 1.165) is 25.9 Å². The van der Waals surface area contributed by atoms with E-state index in [1.54, 1.807) is 19.1 Å². The van der Waals surface area contributed by atoms with Crippen LogP contribution in [-0.2, 0) is 0 Å². The van der Waals surface area contributed by atoms with Crippen LogP contribution in [0.1, 0.15) is 35.9 Å². The van der Waals surface area contributed by atoms with Crippen molar-refractivity contribution in [1.29, 1.82) is 0 Å². The van der Waals surface area contributed by atoms with Crippen LogP contribution in [0.5, 0.6) is 5.75 Å². The molecule has 0 bridgehead atoms. The molecule has 1 amide bonds. The summed E-state index contributed by atoms with van der Waals surface area (Å²) in [5.41, 5.74) is 1.50. The van der Waals surface area contributed by atoms with Crippen LogP contribution < -0.4 is 15.4 Å². The molecule has 10 heteroatoms. The summed E-state index contributed by atoms with van der Waals surface area (Å²) in [7, 11) is 0. The number of nitrogens with one attached hydrogen (secondary N) is 2. The van der Waals surface area contributed by atoms with Crippen LogP contribution >= 0.6 is 12.4 Å². The molecular weight excluding hydrogens is 392 g/mol. The summed E-state index contributed by atoms with van der Waals surface area (Å²) < 4.78 is 30.3. The summed E-state index contributed by atoms with van der Waals surface area (Å²) >= 11 is 0. The predicted molar refractivity (Wildman–Crippen MR) is 103 cm³/mol. The summed E-state index contributed by atoms with van der Waals surface area (Å²) in [6.45, 7) is 3.52. The highest BCUT2D eigenvalue weighted by Gasteiger charge is 2.28. The fourth-order valence-corrected chi connectivity index (χ4v) is 3.14. The van der Waals surface area contributed by atoms with E-state index in [2.05, 4.69) is 32.6 Å². The van der Waals surface area contributed by atoms with Crippen LogP contribution in [0, 0.1) is 12.3 Å². The van der Waals surface area contributed by atoms with Crippen molar-refractivity contribution in [2.45, 2.75) is 33.3 Å². The van der Waals surface area contributed by atoms with Crippen LogP contribution in [0.4, 0.5) is 8.78 Å². The second kappa shape index (κ2) is 9.29. The third kappa shape index (κ3) is 5.17. The van der Waals surface area contributed by atoms with Crippen LogP contribution in [0.25, 0.3) is 5.69 Å². The van der Waals surface area contributed by atoms with Gasteiger partial charge >= 0.3 is 6.61 Å². The number of piperidine rings is 1. The molecular formula is C18H24ClF2N5O2. The molecule has 1 saturated heterocycles. The van der Waals surface area contributed by atoms with Crippen molar-refractivity contribution in [1.82, 2.24) is 25.6 Å². The minimum atomic E-state index is -2.87. The molecule has 0 radical (unpaired) electrons. The zero-order valence-electron chi connectivity index (χ0n) is 15.7. The number of hydrogen-bond acceptors (Lipinski definition) is 5. The monoisotopic (exact) mass is 415 g/mol. The third-order valence-corrected chi connectivity index (χ3v) is 4.90. The highest BCUT2D eigenvalue weighted by atomic mass is 35.5. The normalized spacial score (nSPS) is 15.8. The average molecular weight is 416 g/mol. The van der Waals surface area contributed by atoms with Gasteiger partial charge in [0.2, 0.25) is 0 Å². The van der Waals surface area contributed by atoms with Crippen molar-refractivity contribution in [2.75, 3.05) is 19.6 Å². The van der Waals surface area contributed by atoms with Crippen LogP contribution in [0.2, 0.25) is 0 Å². The van der Waals surface area contributed by atoms with Gasteiger partial charge in [0.25, 0.3) is 5.91 Å². The number of carbonyl (C=O) groups excluding carboxylic acids is 1. The van der Waals surface area contributed by atoms with Crippen LogP contribution in [0.3, 0.4) is 0 Å². The molecule has 0 unspecified atom stereocenters. The summed E-state index contributed by atoms with van der Waals surface area (Å²) in [4.78, 5) is 12.5. The van der Waals surface area contributed by atoms with Gasteiger partial charge in [0, 0.05) is 6.54 Å². The number of halogens is 3. The molecule has 2 N–H and O–H groups in total. The van der Waals surface area contributed by atoms with E-state index in [1.165, 1.54) is 16.8 Å². The Balaban J connectivity index is 0.00000280. The quantitative estimate of drug-likeness (QED) is 0.758. The standard InChI is InChI=1S/C18H23F2N5O2.ClH/c1-12-15(16(26)22-11-18(2)7-9-21-10-8-18)23-24-25(12)13-3-5-14(6-4-13)27-17(19)20;/h3-6,17,21H,7-11H2,1-2H3,(H,22,26);1H. The molecule has 1 aliphatic rings. The Labute approximate surface area is 168 Å². The first kappa shape index (κ1) is 22.0. The van der Waals surface area contributed by atoms with E-state index < -0.39 is 6.61 Å². The third-order valence-electron chi connectivity index (χ3n) is 4.90. The lowest BCUT2D eigenvalue weighted by atomic mass is 9.81. The van der Waals surface area contributed by atoms with Gasteiger partial charge in [-0.3, -0.25) is 4.79 Å². The second-order valence-corrected chi connectivity index (χ2v) is 7.05. The average Bonchev–Trinajstić information content (AvgIpc) is 3.02. The van der Waals surface area contributed by atoms with Gasteiger partial charge in [-0.05, 0) is 62.5 Å². The van der Waals surface area contributed by atoms with Gasteiger partial charge in [0.1, 0.15) is 5.75 Å². The van der Waals surface area contributed by atoms with E-state index in [9.17, 15) is 13.6 Å². The highest BCUT2D eigenvalue weighted by molar-refractivity contribution is 5.93. The SMILES string of the molecule is Cc1c(C(=O)NCC2(C)CCNCC2)nnn1-c1ccc(OC(F)F)cc1.Cl. The lowest BCUT2D eigenvalue weighted by Gasteiger charge is -2.34. The van der Waals surface area contributed by atoms with Gasteiger partial charge in [0.15, 0.2) is 5.69 Å². The van der Waals surface area contributed by atoms with Gasteiger partial charge in [-0.15, -0.1) is 17.5 Å². The first-order chi connectivity index (χ1) is 12.9. The number of aromatic nitrogens is 3. The van der Waals surface area contributed by atoms with Gasteiger partial charge in [-0.2, -0.15) is 8.78 Å². The number of amides is 1. The van der Waals surface area contributed by atoms with Crippen molar-refractivity contribution in [3.63, 3.8) is 0 Å². The van der Waals surface area contributed by atoms with E-state index in [4.69, 9.17) is 0 Å². The molecule has 1 aromatic carbocycles. The highest BCUT2D eigenvalue weighted by Crippen LogP contribution is 2.27. The Morgan fingerprint density at radius 3 is 2.57 bits per heavy atom. The van der Waals surface area contributed by atoms with E-state index >= 15 is 0 Å². The molecule has 7 nitrogen and oxygen atoms in total. The number of rotatable bonds is 6. The first-order valence-electron chi connectivity index (χ1n) is 8.84. The predicted octanol–water partition coefficient (Wildman–Crippen LogP) is 2.72. The van der Waals surface area contributed by atoms with E-state index in [-0.39, 0.29) is 35.2 Å². The molecule has 154 valence electrons. The molecule has 2 heterocycles. The van der Waals surface area contributed by atoms with Gasteiger partial charge in [-0.25, -0.2) is 4.68 Å². The Bertz CT molecular complexity index is 792. The lowest BCUT2D eigenvalue weighted by molar-refractivity contribution is -0.0498. The lowest BCUT2D eigenvalue weighted by Crippen LogP contribution is -2.43. The molecule has 0 saturated carbocycles. The molecule has 2 aromatic rings. The van der Waals surface area contributed by atoms with E-state index in [0.29, 0.717) is 17.9 Å². The summed E-state index contributed by atoms with van der Waals surface area (Å²) in [6, 6.07) is 5.99. The largest absolute Gasteiger partial charge is 0.435 e. The zero-order chi connectivity index (χ0) is 19.4. The maximum atomic E-state index is 12.5. The van der Waals surface area contributed by atoms with Crippen LogP contribution in [-0.4, -0.2) is 47.1 Å². The first-order valence-corrected chi connectivity index (χ1v) is 8.84. The number of alkyl halides is 2. The second-order valence-electron chi connectivity index (χ2n) is 7.05. The summed E-state index contributed by atoms with van der Waals surface area (Å²) in [6.07, 6.45) is 2.01. The Hall–Kier alpha value is -2.26. The molecule has 1 fully saturated rings. The molecule has 28 heavy (non-hydrogen) atoms. The fourth-order valence-electron chi connectivity index (χ4n) is 3.14. The van der Waals surface area contributed by atoms with E-state index in [1.807, 2.05) is 0 Å². The number of carbonyl (C=O) groups is 1. The fraction of sp³-hybridized carbons (Fsp3) is 0.500. The maximum absolute atomic E-state index is 12.5. The van der Waals surface area contributed by atoms with Crippen molar-refractivity contribution < 1.29 is 18.3 Å². The van der Waals surface area contributed by atoms with Crippen molar-refractivity contribution >= 4 is 18.3 Å². The van der Waals surface area contributed by atoms with Gasteiger partial charge in [0.05, 0.1) is 11.4 Å². The molecule has 3 rings (SSSR count). The van der Waals surface area contributed by atoms with Crippen LogP contribution in [0.15, 0.2) is 24.3 Å². The topological polar surface area (TPSA) is 81.1 Å².